The molecule has 0 atom stereocenters. The predicted molar refractivity (Wildman–Crippen MR) is 67.9 cm³/mol. The van der Waals surface area contributed by atoms with Gasteiger partial charge < -0.3 is 10.7 Å². The molecular weight excluding hydrogens is 238 g/mol. The summed E-state index contributed by atoms with van der Waals surface area (Å²) < 4.78 is 0. The molecule has 0 aliphatic heterocycles. The van der Waals surface area contributed by atoms with Crippen molar-refractivity contribution in [1.82, 2.24) is 9.97 Å². The van der Waals surface area contributed by atoms with Crippen molar-refractivity contribution in [2.24, 2.45) is 5.73 Å². The number of rotatable bonds is 2. The quantitative estimate of drug-likeness (QED) is 0.853. The molecule has 0 aliphatic rings. The number of benzene rings is 1. The first-order valence-electron chi connectivity index (χ1n) is 5.18. The number of halogens is 1. The molecule has 88 valence electrons. The van der Waals surface area contributed by atoms with Gasteiger partial charge in [-0.05, 0) is 13.0 Å². The number of aromatic nitrogens is 2. The summed E-state index contributed by atoms with van der Waals surface area (Å²) in [6.45, 7) is 1.85. The number of hydrogen-bond acceptors (Lipinski definition) is 3. The van der Waals surface area contributed by atoms with E-state index in [0.29, 0.717) is 22.1 Å². The molecule has 1 heterocycles. The Balaban J connectivity index is 2.75. The van der Waals surface area contributed by atoms with Crippen LogP contribution in [0.3, 0.4) is 0 Å². The van der Waals surface area contributed by atoms with Crippen molar-refractivity contribution in [3.8, 4) is 11.3 Å². The summed E-state index contributed by atoms with van der Waals surface area (Å²) in [5.41, 5.74) is 7.10. The molecule has 2 rings (SSSR count). The smallest absolute Gasteiger partial charge is 0.255 e. The van der Waals surface area contributed by atoms with Crippen molar-refractivity contribution in [1.29, 1.82) is 0 Å². The molecule has 1 aromatic carbocycles. The van der Waals surface area contributed by atoms with Crippen LogP contribution >= 0.6 is 11.6 Å². The highest BCUT2D eigenvalue weighted by Crippen LogP contribution is 2.27. The third-order valence-electron chi connectivity index (χ3n) is 2.47. The molecule has 0 unspecified atom stereocenters. The van der Waals surface area contributed by atoms with Gasteiger partial charge >= 0.3 is 0 Å². The number of nitrogens with two attached hydrogens (primary N) is 1. The number of hydrogen-bond donors (Lipinski definition) is 2. The molecule has 3 N–H and O–H groups in total. The summed E-state index contributed by atoms with van der Waals surface area (Å²) in [7, 11) is 0. The molecule has 0 saturated heterocycles. The van der Waals surface area contributed by atoms with Crippen molar-refractivity contribution in [2.45, 2.75) is 13.5 Å². The SMILES string of the molecule is Cc1nc(-c2ccccc2Cl)c(CN)c(=O)[nH]1. The van der Waals surface area contributed by atoms with Crippen LogP contribution in [0.5, 0.6) is 0 Å². The van der Waals surface area contributed by atoms with E-state index in [-0.39, 0.29) is 12.1 Å². The lowest BCUT2D eigenvalue weighted by molar-refractivity contribution is 0.942. The van der Waals surface area contributed by atoms with Crippen molar-refractivity contribution in [3.63, 3.8) is 0 Å². The minimum Gasteiger partial charge on any atom is -0.326 e. The lowest BCUT2D eigenvalue weighted by Crippen LogP contribution is -2.20. The van der Waals surface area contributed by atoms with E-state index in [4.69, 9.17) is 17.3 Å². The van der Waals surface area contributed by atoms with Crippen LogP contribution in [0.4, 0.5) is 0 Å². The number of nitrogens with one attached hydrogen (secondary N) is 1. The first-order valence-corrected chi connectivity index (χ1v) is 5.56. The highest BCUT2D eigenvalue weighted by molar-refractivity contribution is 6.33. The molecule has 0 bridgehead atoms. The van der Waals surface area contributed by atoms with Crippen LogP contribution in [-0.2, 0) is 6.54 Å². The van der Waals surface area contributed by atoms with Crippen LogP contribution in [0.15, 0.2) is 29.1 Å². The topological polar surface area (TPSA) is 71.8 Å². The first kappa shape index (κ1) is 11.8. The molecule has 5 heteroatoms. The maximum atomic E-state index is 11.8. The maximum Gasteiger partial charge on any atom is 0.255 e. The van der Waals surface area contributed by atoms with Gasteiger partial charge in [-0.25, -0.2) is 4.98 Å². The third-order valence-corrected chi connectivity index (χ3v) is 2.80. The Morgan fingerprint density at radius 3 is 2.76 bits per heavy atom. The van der Waals surface area contributed by atoms with E-state index < -0.39 is 0 Å². The van der Waals surface area contributed by atoms with Gasteiger partial charge in [0.25, 0.3) is 5.56 Å². The number of aryl methyl sites for hydroxylation is 1. The molecule has 0 fully saturated rings. The Hall–Kier alpha value is -1.65. The molecule has 0 radical (unpaired) electrons. The zero-order valence-electron chi connectivity index (χ0n) is 9.33. The van der Waals surface area contributed by atoms with Crippen LogP contribution in [0, 0.1) is 6.92 Å². The Labute approximate surface area is 103 Å². The fourth-order valence-electron chi connectivity index (χ4n) is 1.68. The lowest BCUT2D eigenvalue weighted by atomic mass is 10.1. The van der Waals surface area contributed by atoms with E-state index in [9.17, 15) is 4.79 Å². The predicted octanol–water partition coefficient (Wildman–Crippen LogP) is 1.86. The largest absolute Gasteiger partial charge is 0.326 e. The highest BCUT2D eigenvalue weighted by atomic mass is 35.5. The van der Waals surface area contributed by atoms with Gasteiger partial charge in [0.05, 0.1) is 11.3 Å². The molecule has 0 aliphatic carbocycles. The van der Waals surface area contributed by atoms with Crippen LogP contribution in [0.25, 0.3) is 11.3 Å². The summed E-state index contributed by atoms with van der Waals surface area (Å²) in [5, 5.41) is 0.555. The zero-order chi connectivity index (χ0) is 12.4. The second kappa shape index (κ2) is 4.69. The van der Waals surface area contributed by atoms with E-state index in [1.807, 2.05) is 18.2 Å². The Morgan fingerprint density at radius 1 is 1.41 bits per heavy atom. The van der Waals surface area contributed by atoms with Gasteiger partial charge in [-0.15, -0.1) is 0 Å². The minimum absolute atomic E-state index is 0.128. The summed E-state index contributed by atoms with van der Waals surface area (Å²) in [6, 6.07) is 7.26. The van der Waals surface area contributed by atoms with Gasteiger partial charge in [0, 0.05) is 17.1 Å². The van der Waals surface area contributed by atoms with Gasteiger partial charge in [0.1, 0.15) is 5.82 Å². The Kier molecular flexibility index (Phi) is 3.26. The number of nitrogens with zero attached hydrogens (tertiary/aromatic N) is 1. The van der Waals surface area contributed by atoms with Crippen LogP contribution < -0.4 is 11.3 Å². The molecule has 2 aromatic rings. The molecule has 0 saturated carbocycles. The summed E-state index contributed by atoms with van der Waals surface area (Å²) in [5.74, 6) is 0.544. The molecule has 4 nitrogen and oxygen atoms in total. The summed E-state index contributed by atoms with van der Waals surface area (Å²) >= 11 is 6.10. The molecular formula is C12H12ClN3O. The van der Waals surface area contributed by atoms with Crippen LogP contribution in [-0.4, -0.2) is 9.97 Å². The van der Waals surface area contributed by atoms with E-state index in [2.05, 4.69) is 9.97 Å². The molecule has 0 spiro atoms. The van der Waals surface area contributed by atoms with Crippen LogP contribution in [0.1, 0.15) is 11.4 Å². The number of H-pyrrole nitrogens is 1. The highest BCUT2D eigenvalue weighted by Gasteiger charge is 2.12. The van der Waals surface area contributed by atoms with Crippen LogP contribution in [0.2, 0.25) is 5.02 Å². The van der Waals surface area contributed by atoms with Gasteiger partial charge in [0.2, 0.25) is 0 Å². The van der Waals surface area contributed by atoms with Gasteiger partial charge in [-0.2, -0.15) is 0 Å². The summed E-state index contributed by atoms with van der Waals surface area (Å²) in [6.07, 6.45) is 0. The third kappa shape index (κ3) is 2.23. The molecule has 17 heavy (non-hydrogen) atoms. The maximum absolute atomic E-state index is 11.8. The average Bonchev–Trinajstić information content (AvgIpc) is 2.28. The lowest BCUT2D eigenvalue weighted by Gasteiger charge is -2.08. The second-order valence-corrected chi connectivity index (χ2v) is 4.07. The molecule has 0 amide bonds. The zero-order valence-corrected chi connectivity index (χ0v) is 10.1. The fraction of sp³-hybridized carbons (Fsp3) is 0.167. The Morgan fingerprint density at radius 2 is 2.12 bits per heavy atom. The first-order chi connectivity index (χ1) is 8.13. The van der Waals surface area contributed by atoms with E-state index in [1.165, 1.54) is 0 Å². The van der Waals surface area contributed by atoms with Gasteiger partial charge in [-0.3, -0.25) is 4.79 Å². The van der Waals surface area contributed by atoms with Crippen molar-refractivity contribution >= 4 is 11.6 Å². The second-order valence-electron chi connectivity index (χ2n) is 3.66. The van der Waals surface area contributed by atoms with Gasteiger partial charge in [0.15, 0.2) is 0 Å². The van der Waals surface area contributed by atoms with E-state index >= 15 is 0 Å². The normalized spacial score (nSPS) is 10.5. The average molecular weight is 250 g/mol. The molecule has 1 aromatic heterocycles. The van der Waals surface area contributed by atoms with E-state index in [1.54, 1.807) is 13.0 Å². The van der Waals surface area contributed by atoms with Gasteiger partial charge in [-0.1, -0.05) is 29.8 Å². The number of aromatic amines is 1. The fourth-order valence-corrected chi connectivity index (χ4v) is 1.90. The van der Waals surface area contributed by atoms with Crippen molar-refractivity contribution in [3.05, 3.63) is 51.0 Å². The minimum atomic E-state index is -0.213. The Bertz CT molecular complexity index is 607. The van der Waals surface area contributed by atoms with Crippen molar-refractivity contribution < 1.29 is 0 Å². The van der Waals surface area contributed by atoms with Crippen molar-refractivity contribution in [2.75, 3.05) is 0 Å². The standard InChI is InChI=1S/C12H12ClN3O/c1-7-15-11(9(6-14)12(17)16-7)8-4-2-3-5-10(8)13/h2-5H,6,14H2,1H3,(H,15,16,17). The summed E-state index contributed by atoms with van der Waals surface area (Å²) in [4.78, 5) is 18.7. The monoisotopic (exact) mass is 249 g/mol. The van der Waals surface area contributed by atoms with E-state index in [0.717, 1.165) is 5.56 Å².